The zero-order chi connectivity index (χ0) is 15.1. The van der Waals surface area contributed by atoms with Gasteiger partial charge < -0.3 is 4.98 Å². The molecule has 0 saturated carbocycles. The monoisotopic (exact) mass is 306 g/mol. The van der Waals surface area contributed by atoms with E-state index in [2.05, 4.69) is 48.3 Å². The van der Waals surface area contributed by atoms with E-state index in [0.29, 0.717) is 0 Å². The molecule has 0 aliphatic heterocycles. The second kappa shape index (κ2) is 5.15. The number of nitrogens with zero attached hydrogens (tertiary/aromatic N) is 1. The van der Waals surface area contributed by atoms with Crippen LogP contribution in [0.15, 0.2) is 54.6 Å². The average molecular weight is 307 g/mol. The molecule has 0 fully saturated rings. The fourth-order valence-corrected chi connectivity index (χ4v) is 3.03. The minimum atomic E-state index is 0.769. The summed E-state index contributed by atoms with van der Waals surface area (Å²) in [6.45, 7) is 2.07. The van der Waals surface area contributed by atoms with Gasteiger partial charge in [-0.05, 0) is 48.7 Å². The van der Waals surface area contributed by atoms with Crippen molar-refractivity contribution >= 4 is 33.5 Å². The van der Waals surface area contributed by atoms with Crippen LogP contribution in [-0.4, -0.2) is 9.97 Å². The van der Waals surface area contributed by atoms with E-state index >= 15 is 0 Å². The second-order valence-corrected chi connectivity index (χ2v) is 6.04. The van der Waals surface area contributed by atoms with Crippen molar-refractivity contribution in [2.45, 2.75) is 13.3 Å². The number of rotatable bonds is 2. The Kier molecular flexibility index (Phi) is 3.12. The van der Waals surface area contributed by atoms with Crippen LogP contribution in [0.1, 0.15) is 16.8 Å². The molecule has 0 bridgehead atoms. The van der Waals surface area contributed by atoms with Gasteiger partial charge in [-0.3, -0.25) is 0 Å². The molecule has 4 aromatic rings. The quantitative estimate of drug-likeness (QED) is 0.537. The Morgan fingerprint density at radius 2 is 1.77 bits per heavy atom. The van der Waals surface area contributed by atoms with Gasteiger partial charge in [0.1, 0.15) is 5.65 Å². The smallest absolute Gasteiger partial charge is 0.138 e. The van der Waals surface area contributed by atoms with Gasteiger partial charge in [0.05, 0.1) is 0 Å². The molecule has 0 unspecified atom stereocenters. The molecule has 0 atom stereocenters. The molecule has 0 radical (unpaired) electrons. The molecule has 0 aliphatic carbocycles. The standard InChI is InChI=1S/C19H15ClN2/c1-12-14(10-13-6-8-15(20)9-7-13)11-17-16-4-2-3-5-18(16)22-19(17)21-12/h2-9,11H,10H2,1H3,(H,21,22). The van der Waals surface area contributed by atoms with Crippen LogP contribution in [0.2, 0.25) is 5.02 Å². The van der Waals surface area contributed by atoms with E-state index in [1.807, 2.05) is 18.2 Å². The summed E-state index contributed by atoms with van der Waals surface area (Å²) >= 11 is 5.96. The number of hydrogen-bond donors (Lipinski definition) is 1. The van der Waals surface area contributed by atoms with Gasteiger partial charge in [-0.2, -0.15) is 0 Å². The van der Waals surface area contributed by atoms with Crippen molar-refractivity contribution in [3.05, 3.63) is 76.4 Å². The van der Waals surface area contributed by atoms with E-state index < -0.39 is 0 Å². The van der Waals surface area contributed by atoms with Crippen LogP contribution < -0.4 is 0 Å². The van der Waals surface area contributed by atoms with Crippen molar-refractivity contribution in [2.24, 2.45) is 0 Å². The molecule has 2 aromatic carbocycles. The molecule has 108 valence electrons. The first-order chi connectivity index (χ1) is 10.7. The van der Waals surface area contributed by atoms with Crippen molar-refractivity contribution in [1.82, 2.24) is 9.97 Å². The Morgan fingerprint density at radius 1 is 1.00 bits per heavy atom. The molecule has 3 heteroatoms. The molecule has 22 heavy (non-hydrogen) atoms. The van der Waals surface area contributed by atoms with E-state index in [1.54, 1.807) is 0 Å². The van der Waals surface area contributed by atoms with Gasteiger partial charge in [-0.25, -0.2) is 4.98 Å². The molecule has 0 spiro atoms. The molecule has 2 aromatic heterocycles. The first-order valence-corrected chi connectivity index (χ1v) is 7.70. The number of hydrogen-bond acceptors (Lipinski definition) is 1. The van der Waals surface area contributed by atoms with E-state index in [0.717, 1.165) is 28.3 Å². The molecular weight excluding hydrogens is 292 g/mol. The largest absolute Gasteiger partial charge is 0.339 e. The van der Waals surface area contributed by atoms with E-state index in [9.17, 15) is 0 Å². The number of pyridine rings is 1. The second-order valence-electron chi connectivity index (χ2n) is 5.60. The lowest BCUT2D eigenvalue weighted by Crippen LogP contribution is -1.95. The highest BCUT2D eigenvalue weighted by molar-refractivity contribution is 6.30. The Bertz CT molecular complexity index is 968. The summed E-state index contributed by atoms with van der Waals surface area (Å²) in [5.74, 6) is 0. The van der Waals surface area contributed by atoms with Gasteiger partial charge in [-0.15, -0.1) is 0 Å². The Balaban J connectivity index is 1.84. The molecule has 2 heterocycles. The van der Waals surface area contributed by atoms with Crippen molar-refractivity contribution in [3.63, 3.8) is 0 Å². The third-order valence-electron chi connectivity index (χ3n) is 4.10. The van der Waals surface area contributed by atoms with Crippen LogP contribution in [0.5, 0.6) is 0 Å². The fourth-order valence-electron chi connectivity index (χ4n) is 2.90. The third-order valence-corrected chi connectivity index (χ3v) is 4.35. The number of para-hydroxylation sites is 1. The molecule has 2 nitrogen and oxygen atoms in total. The summed E-state index contributed by atoms with van der Waals surface area (Å²) in [4.78, 5) is 8.13. The minimum Gasteiger partial charge on any atom is -0.339 e. The van der Waals surface area contributed by atoms with Gasteiger partial charge in [0, 0.05) is 27.0 Å². The summed E-state index contributed by atoms with van der Waals surface area (Å²) < 4.78 is 0. The molecular formula is C19H15ClN2. The molecule has 0 amide bonds. The van der Waals surface area contributed by atoms with Gasteiger partial charge in [0.25, 0.3) is 0 Å². The number of aromatic nitrogens is 2. The Hall–Kier alpha value is -2.32. The maximum absolute atomic E-state index is 5.96. The SMILES string of the molecule is Cc1nc2[nH]c3ccccc3c2cc1Cc1ccc(Cl)cc1. The summed E-state index contributed by atoms with van der Waals surface area (Å²) in [7, 11) is 0. The molecule has 1 N–H and O–H groups in total. The molecule has 0 saturated heterocycles. The maximum Gasteiger partial charge on any atom is 0.138 e. The number of aromatic amines is 1. The lowest BCUT2D eigenvalue weighted by atomic mass is 10.0. The Labute approximate surface area is 133 Å². The zero-order valence-corrected chi connectivity index (χ0v) is 13.0. The Morgan fingerprint density at radius 3 is 2.59 bits per heavy atom. The number of fused-ring (bicyclic) bond motifs is 3. The summed E-state index contributed by atoms with van der Waals surface area (Å²) in [5, 5.41) is 3.18. The van der Waals surface area contributed by atoms with Crippen LogP contribution in [0.25, 0.3) is 21.9 Å². The highest BCUT2D eigenvalue weighted by atomic mass is 35.5. The van der Waals surface area contributed by atoms with Crippen LogP contribution in [0.3, 0.4) is 0 Å². The predicted molar refractivity (Wildman–Crippen MR) is 92.6 cm³/mol. The highest BCUT2D eigenvalue weighted by Crippen LogP contribution is 2.27. The topological polar surface area (TPSA) is 28.7 Å². The van der Waals surface area contributed by atoms with Crippen molar-refractivity contribution < 1.29 is 0 Å². The fraction of sp³-hybridized carbons (Fsp3) is 0.105. The number of aryl methyl sites for hydroxylation is 1. The van der Waals surface area contributed by atoms with Gasteiger partial charge in [0.2, 0.25) is 0 Å². The van der Waals surface area contributed by atoms with E-state index in [4.69, 9.17) is 16.6 Å². The van der Waals surface area contributed by atoms with E-state index in [1.165, 1.54) is 21.9 Å². The van der Waals surface area contributed by atoms with Crippen molar-refractivity contribution in [1.29, 1.82) is 0 Å². The maximum atomic E-state index is 5.96. The van der Waals surface area contributed by atoms with Crippen molar-refractivity contribution in [2.75, 3.05) is 0 Å². The van der Waals surface area contributed by atoms with Gasteiger partial charge >= 0.3 is 0 Å². The number of H-pyrrole nitrogens is 1. The van der Waals surface area contributed by atoms with Crippen molar-refractivity contribution in [3.8, 4) is 0 Å². The lowest BCUT2D eigenvalue weighted by Gasteiger charge is -2.06. The lowest BCUT2D eigenvalue weighted by molar-refractivity contribution is 1.10. The molecule has 4 rings (SSSR count). The summed E-state index contributed by atoms with van der Waals surface area (Å²) in [6, 6.07) is 18.6. The first-order valence-electron chi connectivity index (χ1n) is 7.32. The zero-order valence-electron chi connectivity index (χ0n) is 12.2. The number of nitrogens with one attached hydrogen (secondary N) is 1. The van der Waals surface area contributed by atoms with Gasteiger partial charge in [-0.1, -0.05) is 41.9 Å². The third kappa shape index (κ3) is 2.26. The molecule has 0 aliphatic rings. The first kappa shape index (κ1) is 13.4. The van der Waals surface area contributed by atoms with Crippen LogP contribution >= 0.6 is 11.6 Å². The summed E-state index contributed by atoms with van der Waals surface area (Å²) in [5.41, 5.74) is 5.65. The number of halogens is 1. The van der Waals surface area contributed by atoms with Crippen LogP contribution in [0.4, 0.5) is 0 Å². The average Bonchev–Trinajstić information content (AvgIpc) is 2.87. The number of benzene rings is 2. The van der Waals surface area contributed by atoms with E-state index in [-0.39, 0.29) is 0 Å². The summed E-state index contributed by atoms with van der Waals surface area (Å²) in [6.07, 6.45) is 0.867. The van der Waals surface area contributed by atoms with Crippen LogP contribution in [0, 0.1) is 6.92 Å². The van der Waals surface area contributed by atoms with Crippen LogP contribution in [-0.2, 0) is 6.42 Å². The predicted octanol–water partition coefficient (Wildman–Crippen LogP) is 5.27. The van der Waals surface area contributed by atoms with Gasteiger partial charge in [0.15, 0.2) is 0 Å². The highest BCUT2D eigenvalue weighted by Gasteiger charge is 2.09. The normalized spacial score (nSPS) is 11.4. The minimum absolute atomic E-state index is 0.769.